The summed E-state index contributed by atoms with van der Waals surface area (Å²) in [5, 5.41) is 7.62. The summed E-state index contributed by atoms with van der Waals surface area (Å²) in [6.07, 6.45) is 1.78. The Morgan fingerprint density at radius 2 is 1.46 bits per heavy atom. The fourth-order valence-corrected chi connectivity index (χ4v) is 2.90. The molecule has 1 aromatic heterocycles. The Morgan fingerprint density at radius 1 is 0.923 bits per heavy atom. The van der Waals surface area contributed by atoms with Gasteiger partial charge in [0.2, 0.25) is 0 Å². The van der Waals surface area contributed by atoms with Crippen LogP contribution in [0.3, 0.4) is 0 Å². The lowest BCUT2D eigenvalue weighted by atomic mass is 10.1. The van der Waals surface area contributed by atoms with Gasteiger partial charge in [0.25, 0.3) is 11.5 Å². The SMILES string of the molecule is CN(C)CCCN(CCCN(C)C)C(=O)c1n[nH]c(=O)c2ccccc12. The molecular formula is C19H29N5O2. The number of benzene rings is 1. The molecule has 0 aliphatic carbocycles. The fourth-order valence-electron chi connectivity index (χ4n) is 2.90. The molecule has 0 saturated heterocycles. The second-order valence-electron chi connectivity index (χ2n) is 7.05. The summed E-state index contributed by atoms with van der Waals surface area (Å²) in [6, 6.07) is 7.11. The van der Waals surface area contributed by atoms with Gasteiger partial charge < -0.3 is 14.7 Å². The molecule has 1 aromatic carbocycles. The number of amides is 1. The largest absolute Gasteiger partial charge is 0.337 e. The van der Waals surface area contributed by atoms with E-state index in [1.165, 1.54) is 0 Å². The standard InChI is InChI=1S/C19H29N5O2/c1-22(2)11-7-13-24(14-8-12-23(3)4)19(26)17-15-9-5-6-10-16(15)18(25)21-20-17/h5-6,9-10H,7-8,11-14H2,1-4H3,(H,21,25). The number of nitrogens with one attached hydrogen (secondary N) is 1. The summed E-state index contributed by atoms with van der Waals surface area (Å²) >= 11 is 0. The zero-order valence-corrected chi connectivity index (χ0v) is 16.2. The normalized spacial score (nSPS) is 11.5. The van der Waals surface area contributed by atoms with Gasteiger partial charge in [0.05, 0.1) is 5.39 Å². The van der Waals surface area contributed by atoms with E-state index in [4.69, 9.17) is 0 Å². The molecular weight excluding hydrogens is 330 g/mol. The highest BCUT2D eigenvalue weighted by Gasteiger charge is 2.20. The van der Waals surface area contributed by atoms with Gasteiger partial charge in [-0.3, -0.25) is 9.59 Å². The molecule has 7 heteroatoms. The van der Waals surface area contributed by atoms with E-state index in [-0.39, 0.29) is 11.5 Å². The molecule has 2 aromatic rings. The maximum atomic E-state index is 13.1. The van der Waals surface area contributed by atoms with Crippen LogP contribution in [0.2, 0.25) is 0 Å². The van der Waals surface area contributed by atoms with Crippen LogP contribution in [0.5, 0.6) is 0 Å². The Hall–Kier alpha value is -2.25. The van der Waals surface area contributed by atoms with Crippen LogP contribution in [0.4, 0.5) is 0 Å². The number of aromatic nitrogens is 2. The minimum Gasteiger partial charge on any atom is -0.337 e. The van der Waals surface area contributed by atoms with E-state index in [0.29, 0.717) is 29.6 Å². The van der Waals surface area contributed by atoms with Gasteiger partial charge in [-0.1, -0.05) is 18.2 Å². The predicted molar refractivity (Wildman–Crippen MR) is 105 cm³/mol. The van der Waals surface area contributed by atoms with Crippen LogP contribution in [-0.4, -0.2) is 85.2 Å². The number of aromatic amines is 1. The van der Waals surface area contributed by atoms with Crippen molar-refractivity contribution in [3.8, 4) is 0 Å². The maximum Gasteiger partial charge on any atom is 0.274 e. The summed E-state index contributed by atoms with van der Waals surface area (Å²) in [5.74, 6) is -0.130. The molecule has 0 radical (unpaired) electrons. The van der Waals surface area contributed by atoms with Crippen molar-refractivity contribution in [1.29, 1.82) is 0 Å². The Balaban J connectivity index is 2.24. The van der Waals surface area contributed by atoms with E-state index in [0.717, 1.165) is 25.9 Å². The number of hydrogen-bond acceptors (Lipinski definition) is 5. The third-order valence-corrected chi connectivity index (χ3v) is 4.25. The smallest absolute Gasteiger partial charge is 0.274 e. The van der Waals surface area contributed by atoms with Crippen molar-refractivity contribution in [3.63, 3.8) is 0 Å². The molecule has 1 N–H and O–H groups in total. The first-order valence-electron chi connectivity index (χ1n) is 8.96. The zero-order valence-electron chi connectivity index (χ0n) is 16.2. The van der Waals surface area contributed by atoms with Crippen LogP contribution in [-0.2, 0) is 0 Å². The second-order valence-corrected chi connectivity index (χ2v) is 7.05. The van der Waals surface area contributed by atoms with Crippen LogP contribution < -0.4 is 5.56 Å². The molecule has 142 valence electrons. The first kappa shape index (κ1) is 20.1. The van der Waals surface area contributed by atoms with Gasteiger partial charge in [-0.05, 0) is 60.2 Å². The van der Waals surface area contributed by atoms with Crippen LogP contribution in [0.15, 0.2) is 29.1 Å². The van der Waals surface area contributed by atoms with E-state index in [2.05, 4.69) is 20.0 Å². The minimum atomic E-state index is -0.274. The Kier molecular flexibility index (Phi) is 7.29. The van der Waals surface area contributed by atoms with Crippen molar-refractivity contribution < 1.29 is 4.79 Å². The van der Waals surface area contributed by atoms with Crippen molar-refractivity contribution in [2.75, 3.05) is 54.4 Å². The molecule has 0 saturated carbocycles. The number of fused-ring (bicyclic) bond motifs is 1. The third-order valence-electron chi connectivity index (χ3n) is 4.25. The number of carbonyl (C=O) groups excluding carboxylic acids is 1. The Labute approximate surface area is 154 Å². The van der Waals surface area contributed by atoms with Crippen LogP contribution in [0.25, 0.3) is 10.8 Å². The lowest BCUT2D eigenvalue weighted by Crippen LogP contribution is -2.36. The molecule has 2 rings (SSSR count). The lowest BCUT2D eigenvalue weighted by Gasteiger charge is -2.24. The van der Waals surface area contributed by atoms with Gasteiger partial charge >= 0.3 is 0 Å². The minimum absolute atomic E-state index is 0.130. The molecule has 1 heterocycles. The number of hydrogen-bond donors (Lipinski definition) is 1. The van der Waals surface area contributed by atoms with Gasteiger partial charge in [0.1, 0.15) is 0 Å². The van der Waals surface area contributed by atoms with E-state index in [1.807, 2.05) is 39.2 Å². The topological polar surface area (TPSA) is 72.5 Å². The van der Waals surface area contributed by atoms with E-state index in [1.54, 1.807) is 18.2 Å². The lowest BCUT2D eigenvalue weighted by molar-refractivity contribution is 0.0740. The van der Waals surface area contributed by atoms with Gasteiger partial charge in [0.15, 0.2) is 5.69 Å². The van der Waals surface area contributed by atoms with Crippen LogP contribution in [0.1, 0.15) is 23.3 Å². The van der Waals surface area contributed by atoms with Crippen LogP contribution >= 0.6 is 0 Å². The molecule has 0 aliphatic heterocycles. The van der Waals surface area contributed by atoms with Crippen molar-refractivity contribution in [1.82, 2.24) is 24.9 Å². The molecule has 0 spiro atoms. The molecule has 0 fully saturated rings. The molecule has 0 aliphatic rings. The molecule has 0 unspecified atom stereocenters. The van der Waals surface area contributed by atoms with Crippen molar-refractivity contribution in [2.45, 2.75) is 12.8 Å². The second kappa shape index (κ2) is 9.45. The average molecular weight is 359 g/mol. The monoisotopic (exact) mass is 359 g/mol. The summed E-state index contributed by atoms with van der Waals surface area (Å²) in [6.45, 7) is 3.16. The van der Waals surface area contributed by atoms with Gasteiger partial charge in [-0.2, -0.15) is 5.10 Å². The van der Waals surface area contributed by atoms with Crippen molar-refractivity contribution in [3.05, 3.63) is 40.3 Å². The quantitative estimate of drug-likeness (QED) is 0.730. The number of nitrogens with zero attached hydrogens (tertiary/aromatic N) is 4. The van der Waals surface area contributed by atoms with Crippen molar-refractivity contribution in [2.24, 2.45) is 0 Å². The molecule has 26 heavy (non-hydrogen) atoms. The van der Waals surface area contributed by atoms with Crippen LogP contribution in [0, 0.1) is 0 Å². The van der Waals surface area contributed by atoms with Gasteiger partial charge in [0, 0.05) is 18.5 Å². The summed E-state index contributed by atoms with van der Waals surface area (Å²) in [4.78, 5) is 31.2. The van der Waals surface area contributed by atoms with Gasteiger partial charge in [-0.25, -0.2) is 5.10 Å². The number of carbonyl (C=O) groups is 1. The summed E-state index contributed by atoms with van der Waals surface area (Å²) in [7, 11) is 8.09. The maximum absolute atomic E-state index is 13.1. The molecule has 1 amide bonds. The highest BCUT2D eigenvalue weighted by molar-refractivity contribution is 6.04. The highest BCUT2D eigenvalue weighted by atomic mass is 16.2. The summed E-state index contributed by atoms with van der Waals surface area (Å²) in [5.41, 5.74) is 0.0406. The average Bonchev–Trinajstić information content (AvgIpc) is 2.60. The first-order valence-corrected chi connectivity index (χ1v) is 8.96. The first-order chi connectivity index (χ1) is 12.4. The number of rotatable bonds is 9. The Bertz CT molecular complexity index is 771. The van der Waals surface area contributed by atoms with E-state index in [9.17, 15) is 9.59 Å². The molecule has 7 nitrogen and oxygen atoms in total. The van der Waals surface area contributed by atoms with E-state index >= 15 is 0 Å². The predicted octanol–water partition coefficient (Wildman–Crippen LogP) is 1.27. The highest BCUT2D eigenvalue weighted by Crippen LogP contribution is 2.15. The molecule has 0 bridgehead atoms. The summed E-state index contributed by atoms with van der Waals surface area (Å²) < 4.78 is 0. The van der Waals surface area contributed by atoms with Gasteiger partial charge in [-0.15, -0.1) is 0 Å². The fraction of sp³-hybridized carbons (Fsp3) is 0.526. The third kappa shape index (κ3) is 5.37. The Morgan fingerprint density at radius 3 is 2.00 bits per heavy atom. The zero-order chi connectivity index (χ0) is 19.1. The molecule has 0 atom stereocenters. The van der Waals surface area contributed by atoms with E-state index < -0.39 is 0 Å². The van der Waals surface area contributed by atoms with Crippen molar-refractivity contribution >= 4 is 16.7 Å². The number of H-pyrrole nitrogens is 1.